The highest BCUT2D eigenvalue weighted by Gasteiger charge is 2.29. The van der Waals surface area contributed by atoms with Crippen LogP contribution in [-0.4, -0.2) is 41.3 Å². The monoisotopic (exact) mass is 395 g/mol. The molecule has 0 saturated carbocycles. The number of imidazole rings is 1. The van der Waals surface area contributed by atoms with Crippen LogP contribution in [0.3, 0.4) is 0 Å². The Hall–Kier alpha value is -3.68. The summed E-state index contributed by atoms with van der Waals surface area (Å²) in [5, 5.41) is 3.23. The number of nitrogens with one attached hydrogen (secondary N) is 1. The molecule has 0 bridgehead atoms. The lowest BCUT2D eigenvalue weighted by Crippen LogP contribution is -2.23. The molecule has 0 aliphatic heterocycles. The van der Waals surface area contributed by atoms with Crippen LogP contribution in [0.1, 0.15) is 52.0 Å². The average molecular weight is 395 g/mol. The summed E-state index contributed by atoms with van der Waals surface area (Å²) in [5.41, 5.74) is 1.84. The molecule has 150 valence electrons. The van der Waals surface area contributed by atoms with Crippen LogP contribution in [0.5, 0.6) is 5.75 Å². The third-order valence-corrected chi connectivity index (χ3v) is 4.50. The normalized spacial score (nSPS) is 10.7. The highest BCUT2D eigenvalue weighted by Crippen LogP contribution is 2.25. The Morgan fingerprint density at radius 3 is 2.31 bits per heavy atom. The SMILES string of the molecule is COC(=O)c1cnc2c(C(=O)Nc3ccccc3OC)c(C(C)=O)c(=C(C)C)n12. The first-order chi connectivity index (χ1) is 13.8. The van der Waals surface area contributed by atoms with Crippen LogP contribution in [0.4, 0.5) is 5.69 Å². The number of hydrogen-bond acceptors (Lipinski definition) is 6. The molecule has 0 aliphatic carbocycles. The molecule has 2 aromatic heterocycles. The van der Waals surface area contributed by atoms with Gasteiger partial charge in [0.25, 0.3) is 5.91 Å². The minimum Gasteiger partial charge on any atom is -0.495 e. The second kappa shape index (κ2) is 7.75. The highest BCUT2D eigenvalue weighted by atomic mass is 16.5. The summed E-state index contributed by atoms with van der Waals surface area (Å²) in [6.45, 7) is 4.97. The van der Waals surface area contributed by atoms with Crippen molar-refractivity contribution in [3.63, 3.8) is 0 Å². The van der Waals surface area contributed by atoms with E-state index in [1.807, 2.05) is 0 Å². The number of ketones is 1. The number of nitrogens with zero attached hydrogens (tertiary/aromatic N) is 2. The summed E-state index contributed by atoms with van der Waals surface area (Å²) in [4.78, 5) is 42.2. The van der Waals surface area contributed by atoms with Crippen molar-refractivity contribution in [2.24, 2.45) is 0 Å². The van der Waals surface area contributed by atoms with Gasteiger partial charge in [-0.25, -0.2) is 9.78 Å². The first-order valence-corrected chi connectivity index (χ1v) is 8.86. The van der Waals surface area contributed by atoms with Gasteiger partial charge in [-0.15, -0.1) is 0 Å². The van der Waals surface area contributed by atoms with E-state index < -0.39 is 11.9 Å². The number of aromatic nitrogens is 2. The van der Waals surface area contributed by atoms with Crippen LogP contribution in [0, 0.1) is 0 Å². The first-order valence-electron chi connectivity index (χ1n) is 8.86. The second-order valence-electron chi connectivity index (χ2n) is 6.60. The quantitative estimate of drug-likeness (QED) is 0.526. The number of Topliss-reactive ketones (excluding diaryl/α,β-unsaturated/α-hetero) is 1. The third-order valence-electron chi connectivity index (χ3n) is 4.50. The molecule has 0 aliphatic rings. The number of rotatable bonds is 5. The van der Waals surface area contributed by atoms with Crippen LogP contribution in [0.2, 0.25) is 0 Å². The number of carbonyl (C=O) groups excluding carboxylic acids is 3. The average Bonchev–Trinajstić information content (AvgIpc) is 3.25. The molecule has 1 amide bonds. The fourth-order valence-corrected chi connectivity index (χ4v) is 3.31. The molecule has 0 radical (unpaired) electrons. The van der Waals surface area contributed by atoms with Crippen molar-refractivity contribution in [2.45, 2.75) is 20.8 Å². The van der Waals surface area contributed by atoms with E-state index in [9.17, 15) is 14.4 Å². The van der Waals surface area contributed by atoms with E-state index in [0.717, 1.165) is 5.57 Å². The van der Waals surface area contributed by atoms with Crippen molar-refractivity contribution in [1.29, 1.82) is 0 Å². The maximum absolute atomic E-state index is 13.2. The Balaban J connectivity index is 2.30. The molecule has 0 unspecified atom stereocenters. The maximum Gasteiger partial charge on any atom is 0.356 e. The maximum atomic E-state index is 13.2. The van der Waals surface area contributed by atoms with Crippen molar-refractivity contribution in [3.8, 4) is 5.75 Å². The lowest BCUT2D eigenvalue weighted by atomic mass is 10.1. The zero-order valence-corrected chi connectivity index (χ0v) is 16.8. The summed E-state index contributed by atoms with van der Waals surface area (Å²) in [6.07, 6.45) is 1.33. The van der Waals surface area contributed by atoms with E-state index in [1.54, 1.807) is 38.1 Å². The molecule has 8 heteroatoms. The van der Waals surface area contributed by atoms with Crippen LogP contribution in [-0.2, 0) is 4.74 Å². The number of benzene rings is 1. The van der Waals surface area contributed by atoms with Gasteiger partial charge in [0.2, 0.25) is 0 Å². The number of esters is 1. The smallest absolute Gasteiger partial charge is 0.356 e. The van der Waals surface area contributed by atoms with Crippen LogP contribution in [0.25, 0.3) is 11.2 Å². The van der Waals surface area contributed by atoms with Gasteiger partial charge in [0, 0.05) is 0 Å². The van der Waals surface area contributed by atoms with Gasteiger partial charge < -0.3 is 14.8 Å². The second-order valence-corrected chi connectivity index (χ2v) is 6.60. The van der Waals surface area contributed by atoms with Crippen LogP contribution in [0.15, 0.2) is 30.5 Å². The molecule has 1 N–H and O–H groups in total. The number of fused-ring (bicyclic) bond motifs is 1. The Bertz CT molecular complexity index is 1190. The lowest BCUT2D eigenvalue weighted by molar-refractivity contribution is 0.0592. The van der Waals surface area contributed by atoms with Gasteiger partial charge in [-0.3, -0.25) is 14.0 Å². The first kappa shape index (κ1) is 20.1. The van der Waals surface area contributed by atoms with Gasteiger partial charge in [0.15, 0.2) is 17.1 Å². The van der Waals surface area contributed by atoms with E-state index in [1.165, 1.54) is 31.7 Å². The molecule has 0 atom stereocenters. The minimum absolute atomic E-state index is 0.0924. The minimum atomic E-state index is -0.614. The van der Waals surface area contributed by atoms with E-state index in [-0.39, 0.29) is 28.3 Å². The predicted molar refractivity (Wildman–Crippen MR) is 107 cm³/mol. The Morgan fingerprint density at radius 2 is 1.72 bits per heavy atom. The van der Waals surface area contributed by atoms with Crippen molar-refractivity contribution < 1.29 is 23.9 Å². The van der Waals surface area contributed by atoms with Gasteiger partial charge >= 0.3 is 5.97 Å². The molecule has 0 fully saturated rings. The highest BCUT2D eigenvalue weighted by molar-refractivity contribution is 6.17. The van der Waals surface area contributed by atoms with Crippen LogP contribution >= 0.6 is 0 Å². The molecular weight excluding hydrogens is 374 g/mol. The summed E-state index contributed by atoms with van der Waals surface area (Å²) in [7, 11) is 2.76. The van der Waals surface area contributed by atoms with E-state index in [2.05, 4.69) is 10.3 Å². The zero-order chi connectivity index (χ0) is 21.3. The number of amides is 1. The van der Waals surface area contributed by atoms with Gasteiger partial charge in [-0.2, -0.15) is 0 Å². The van der Waals surface area contributed by atoms with E-state index in [0.29, 0.717) is 16.8 Å². The fourth-order valence-electron chi connectivity index (χ4n) is 3.31. The number of carbonyl (C=O) groups is 3. The Labute approximate surface area is 167 Å². The van der Waals surface area contributed by atoms with Gasteiger partial charge in [-0.05, 0) is 32.9 Å². The standard InChI is InChI=1S/C21H21N3O5/c1-11(2)18-16(12(3)25)17(19-22-10-14(24(18)19)21(27)29-5)20(26)23-13-8-6-7-9-15(13)28-4/h6-10H,1-5H3,(H,23,26). The lowest BCUT2D eigenvalue weighted by Gasteiger charge is -2.09. The summed E-state index contributed by atoms with van der Waals surface area (Å²) >= 11 is 0. The largest absolute Gasteiger partial charge is 0.495 e. The van der Waals surface area contributed by atoms with Gasteiger partial charge in [0.1, 0.15) is 5.75 Å². The number of anilines is 1. The number of para-hydroxylation sites is 2. The number of ether oxygens (including phenoxy) is 2. The molecule has 0 spiro atoms. The molecule has 1 aromatic carbocycles. The van der Waals surface area contributed by atoms with E-state index in [4.69, 9.17) is 9.47 Å². The predicted octanol–water partition coefficient (Wildman–Crippen LogP) is 2.49. The number of methoxy groups -OCH3 is 2. The molecule has 8 nitrogen and oxygen atoms in total. The summed E-state index contributed by atoms with van der Waals surface area (Å²) in [5.74, 6) is -0.978. The van der Waals surface area contributed by atoms with Gasteiger partial charge in [-0.1, -0.05) is 17.7 Å². The zero-order valence-electron chi connectivity index (χ0n) is 16.8. The molecule has 0 saturated heterocycles. The van der Waals surface area contributed by atoms with Crippen molar-refractivity contribution in [3.05, 3.63) is 52.6 Å². The molecular formula is C21H21N3O5. The molecule has 3 rings (SSSR count). The third kappa shape index (κ3) is 3.33. The summed E-state index contributed by atoms with van der Waals surface area (Å²) < 4.78 is 11.6. The Kier molecular flexibility index (Phi) is 5.36. The Morgan fingerprint density at radius 1 is 1.03 bits per heavy atom. The number of hydrogen-bond donors (Lipinski definition) is 1. The molecule has 3 aromatic rings. The summed E-state index contributed by atoms with van der Waals surface area (Å²) in [6, 6.07) is 6.93. The van der Waals surface area contributed by atoms with E-state index >= 15 is 0 Å². The fraction of sp³-hybridized carbons (Fsp3) is 0.238. The molecule has 2 heterocycles. The van der Waals surface area contributed by atoms with Crippen molar-refractivity contribution in [2.75, 3.05) is 19.5 Å². The topological polar surface area (TPSA) is 99.0 Å². The van der Waals surface area contributed by atoms with Gasteiger partial charge in [0.05, 0.1) is 42.6 Å². The van der Waals surface area contributed by atoms with Crippen molar-refractivity contribution in [1.82, 2.24) is 9.38 Å². The molecule has 29 heavy (non-hydrogen) atoms. The van der Waals surface area contributed by atoms with Crippen LogP contribution < -0.4 is 15.4 Å². The van der Waals surface area contributed by atoms with Crippen molar-refractivity contribution >= 4 is 34.6 Å².